The summed E-state index contributed by atoms with van der Waals surface area (Å²) in [5.74, 6) is 0. The number of nitrogens with zero attached hydrogens (tertiary/aromatic N) is 2. The van der Waals surface area contributed by atoms with Gasteiger partial charge in [-0.25, -0.2) is 0 Å². The van der Waals surface area contributed by atoms with Gasteiger partial charge in [-0.15, -0.1) is 0 Å². The lowest BCUT2D eigenvalue weighted by molar-refractivity contribution is 0.181. The molecule has 0 saturated carbocycles. The highest BCUT2D eigenvalue weighted by Gasteiger charge is 2.18. The average Bonchev–Trinajstić information content (AvgIpc) is 2.68. The van der Waals surface area contributed by atoms with E-state index in [2.05, 4.69) is 35.9 Å². The van der Waals surface area contributed by atoms with Crippen LogP contribution in [0.25, 0.3) is 0 Å². The minimum absolute atomic E-state index is 0.772. The third-order valence-corrected chi connectivity index (χ3v) is 4.26. The molecule has 108 valence electrons. The van der Waals surface area contributed by atoms with E-state index in [1.54, 1.807) is 0 Å². The number of likely N-dealkylation sites (N-methyl/N-ethyl adjacent to an activating group) is 1. The first-order chi connectivity index (χ1) is 8.81. The van der Waals surface area contributed by atoms with Crippen LogP contribution in [0, 0.1) is 0 Å². The van der Waals surface area contributed by atoms with Gasteiger partial charge in [-0.05, 0) is 58.5 Å². The lowest BCUT2D eigenvalue weighted by Crippen LogP contribution is -2.42. The molecule has 0 aromatic heterocycles. The quantitative estimate of drug-likeness (QED) is 0.717. The third kappa shape index (κ3) is 5.68. The molecule has 1 aliphatic rings. The molecule has 1 saturated heterocycles. The van der Waals surface area contributed by atoms with Gasteiger partial charge in [0.1, 0.15) is 0 Å². The summed E-state index contributed by atoms with van der Waals surface area (Å²) in [4.78, 5) is 5.21. The maximum Gasteiger partial charge on any atom is 0.0220 e. The Kier molecular flexibility index (Phi) is 8.64. The summed E-state index contributed by atoms with van der Waals surface area (Å²) < 4.78 is 0. The Hall–Kier alpha value is -0.120. The van der Waals surface area contributed by atoms with E-state index in [9.17, 15) is 0 Å². The third-order valence-electron chi connectivity index (χ3n) is 4.26. The highest BCUT2D eigenvalue weighted by Crippen LogP contribution is 2.11. The Morgan fingerprint density at radius 2 is 1.78 bits per heavy atom. The van der Waals surface area contributed by atoms with Gasteiger partial charge in [0.05, 0.1) is 0 Å². The molecule has 0 radical (unpaired) electrons. The van der Waals surface area contributed by atoms with Gasteiger partial charge in [0.25, 0.3) is 0 Å². The summed E-state index contributed by atoms with van der Waals surface area (Å²) >= 11 is 0. The molecule has 3 heteroatoms. The largest absolute Gasteiger partial charge is 0.315 e. The second-order valence-electron chi connectivity index (χ2n) is 5.36. The van der Waals surface area contributed by atoms with Crippen LogP contribution in [0.4, 0.5) is 0 Å². The number of rotatable bonds is 8. The molecule has 18 heavy (non-hydrogen) atoms. The van der Waals surface area contributed by atoms with Gasteiger partial charge < -0.3 is 10.2 Å². The van der Waals surface area contributed by atoms with Gasteiger partial charge in [-0.2, -0.15) is 0 Å². The summed E-state index contributed by atoms with van der Waals surface area (Å²) in [7, 11) is 0. The van der Waals surface area contributed by atoms with Crippen molar-refractivity contribution in [3.05, 3.63) is 0 Å². The van der Waals surface area contributed by atoms with E-state index >= 15 is 0 Å². The van der Waals surface area contributed by atoms with E-state index in [-0.39, 0.29) is 0 Å². The molecule has 1 heterocycles. The highest BCUT2D eigenvalue weighted by atomic mass is 15.2. The number of nitrogens with one attached hydrogen (secondary N) is 1. The van der Waals surface area contributed by atoms with Crippen molar-refractivity contribution in [2.24, 2.45) is 0 Å². The molecule has 1 rings (SSSR count). The van der Waals surface area contributed by atoms with E-state index in [0.717, 1.165) is 6.04 Å². The smallest absolute Gasteiger partial charge is 0.0220 e. The summed E-state index contributed by atoms with van der Waals surface area (Å²) in [5, 5.41) is 3.58. The van der Waals surface area contributed by atoms with Crippen LogP contribution < -0.4 is 5.32 Å². The Labute approximate surface area is 114 Å². The Morgan fingerprint density at radius 3 is 2.44 bits per heavy atom. The van der Waals surface area contributed by atoms with E-state index in [1.807, 2.05) is 0 Å². The zero-order valence-electron chi connectivity index (χ0n) is 12.7. The molecule has 1 fully saturated rings. The van der Waals surface area contributed by atoms with Gasteiger partial charge >= 0.3 is 0 Å². The van der Waals surface area contributed by atoms with Crippen LogP contribution in [0.2, 0.25) is 0 Å². The van der Waals surface area contributed by atoms with Crippen molar-refractivity contribution in [3.8, 4) is 0 Å². The summed E-state index contributed by atoms with van der Waals surface area (Å²) in [6, 6.07) is 0.772. The second kappa shape index (κ2) is 9.76. The summed E-state index contributed by atoms with van der Waals surface area (Å²) in [6.45, 7) is 15.3. The van der Waals surface area contributed by atoms with Crippen molar-refractivity contribution in [1.29, 1.82) is 0 Å². The van der Waals surface area contributed by atoms with Crippen molar-refractivity contribution in [1.82, 2.24) is 15.1 Å². The minimum atomic E-state index is 0.772. The highest BCUT2D eigenvalue weighted by molar-refractivity contribution is 4.76. The normalized spacial score (nSPS) is 21.5. The zero-order chi connectivity index (χ0) is 13.2. The Bertz CT molecular complexity index is 184. The van der Waals surface area contributed by atoms with Gasteiger partial charge in [0.15, 0.2) is 0 Å². The van der Waals surface area contributed by atoms with Gasteiger partial charge in [-0.1, -0.05) is 27.2 Å². The molecule has 1 atom stereocenters. The van der Waals surface area contributed by atoms with Crippen molar-refractivity contribution >= 4 is 0 Å². The van der Waals surface area contributed by atoms with Gasteiger partial charge in [0, 0.05) is 12.6 Å². The zero-order valence-corrected chi connectivity index (χ0v) is 12.7. The van der Waals surface area contributed by atoms with Gasteiger partial charge in [0.2, 0.25) is 0 Å². The van der Waals surface area contributed by atoms with Crippen LogP contribution in [0.15, 0.2) is 0 Å². The fraction of sp³-hybridized carbons (Fsp3) is 1.00. The van der Waals surface area contributed by atoms with Gasteiger partial charge in [-0.3, -0.25) is 4.90 Å². The molecule has 1 aliphatic heterocycles. The topological polar surface area (TPSA) is 18.5 Å². The van der Waals surface area contributed by atoms with Crippen LogP contribution >= 0.6 is 0 Å². The standard InChI is InChI=1S/C15H33N3/c1-4-17(5-2)12-9-13-18(6-3)15-10-7-8-11-16-14-15/h15-16H,4-14H2,1-3H3. The first-order valence-electron chi connectivity index (χ1n) is 7.98. The van der Waals surface area contributed by atoms with Crippen molar-refractivity contribution in [2.45, 2.75) is 52.5 Å². The van der Waals surface area contributed by atoms with Crippen LogP contribution in [-0.4, -0.2) is 61.7 Å². The lowest BCUT2D eigenvalue weighted by atomic mass is 10.1. The van der Waals surface area contributed by atoms with Crippen molar-refractivity contribution in [3.63, 3.8) is 0 Å². The van der Waals surface area contributed by atoms with E-state index in [4.69, 9.17) is 0 Å². The van der Waals surface area contributed by atoms with Crippen LogP contribution in [0.3, 0.4) is 0 Å². The molecule has 1 N–H and O–H groups in total. The predicted octanol–water partition coefficient (Wildman–Crippen LogP) is 2.18. The summed E-state index contributed by atoms with van der Waals surface area (Å²) in [6.07, 6.45) is 5.44. The first kappa shape index (κ1) is 15.9. The average molecular weight is 255 g/mol. The molecule has 0 aromatic rings. The monoisotopic (exact) mass is 255 g/mol. The number of hydrogen-bond donors (Lipinski definition) is 1. The predicted molar refractivity (Wildman–Crippen MR) is 80.2 cm³/mol. The molecular weight excluding hydrogens is 222 g/mol. The maximum atomic E-state index is 3.58. The fourth-order valence-electron chi connectivity index (χ4n) is 2.95. The van der Waals surface area contributed by atoms with E-state index < -0.39 is 0 Å². The molecular formula is C15H33N3. The van der Waals surface area contributed by atoms with Crippen molar-refractivity contribution in [2.75, 3.05) is 45.8 Å². The molecule has 0 bridgehead atoms. The lowest BCUT2D eigenvalue weighted by Gasteiger charge is -2.30. The Balaban J connectivity index is 2.27. The SMILES string of the molecule is CCN(CC)CCCN(CC)C1CCCCNC1. The summed E-state index contributed by atoms with van der Waals surface area (Å²) in [5.41, 5.74) is 0. The van der Waals surface area contributed by atoms with E-state index in [1.165, 1.54) is 71.5 Å². The van der Waals surface area contributed by atoms with Crippen LogP contribution in [-0.2, 0) is 0 Å². The number of hydrogen-bond acceptors (Lipinski definition) is 3. The van der Waals surface area contributed by atoms with Crippen LogP contribution in [0.1, 0.15) is 46.5 Å². The molecule has 1 unspecified atom stereocenters. The maximum absolute atomic E-state index is 3.58. The fourth-order valence-corrected chi connectivity index (χ4v) is 2.95. The van der Waals surface area contributed by atoms with Crippen molar-refractivity contribution < 1.29 is 0 Å². The van der Waals surface area contributed by atoms with E-state index in [0.29, 0.717) is 0 Å². The molecule has 0 amide bonds. The molecule has 0 aliphatic carbocycles. The molecule has 0 spiro atoms. The molecule has 3 nitrogen and oxygen atoms in total. The Morgan fingerprint density at radius 1 is 1.00 bits per heavy atom. The minimum Gasteiger partial charge on any atom is -0.315 e. The van der Waals surface area contributed by atoms with Crippen LogP contribution in [0.5, 0.6) is 0 Å². The second-order valence-corrected chi connectivity index (χ2v) is 5.36. The molecule has 0 aromatic carbocycles. The first-order valence-corrected chi connectivity index (χ1v) is 7.98.